The van der Waals surface area contributed by atoms with Gasteiger partial charge in [-0.1, -0.05) is 29.8 Å². The molecule has 138 valence electrons. The maximum absolute atomic E-state index is 12.4. The molecule has 2 saturated heterocycles. The second kappa shape index (κ2) is 9.53. The van der Waals surface area contributed by atoms with Gasteiger partial charge in [-0.25, -0.2) is 0 Å². The van der Waals surface area contributed by atoms with Crippen LogP contribution in [0.15, 0.2) is 24.3 Å². The number of amides is 1. The lowest BCUT2D eigenvalue weighted by molar-refractivity contribution is -0.126. The van der Waals surface area contributed by atoms with E-state index in [0.717, 1.165) is 44.5 Å². The summed E-state index contributed by atoms with van der Waals surface area (Å²) in [4.78, 5) is 14.8. The molecule has 0 spiro atoms. The molecule has 0 saturated carbocycles. The van der Waals surface area contributed by atoms with Crippen molar-refractivity contribution in [1.82, 2.24) is 10.2 Å². The standard InChI is InChI=1S/C19H27ClN2O3/c20-18-4-2-1-3-16(18)13-21-19(23)15-5-8-22(9-6-15)10-7-17-14-24-11-12-25-17/h1-4,15,17H,5-14H2,(H,21,23). The van der Waals surface area contributed by atoms with Crippen LogP contribution in [0.4, 0.5) is 0 Å². The van der Waals surface area contributed by atoms with Gasteiger partial charge in [-0.05, 0) is 44.0 Å². The molecule has 1 amide bonds. The average molecular weight is 367 g/mol. The first kappa shape index (κ1) is 18.6. The van der Waals surface area contributed by atoms with Gasteiger partial charge in [0.25, 0.3) is 0 Å². The predicted octanol–water partition coefficient (Wildman–Crippen LogP) is 2.47. The Morgan fingerprint density at radius 2 is 2.04 bits per heavy atom. The maximum atomic E-state index is 12.4. The normalized spacial score (nSPS) is 22.7. The number of hydrogen-bond donors (Lipinski definition) is 1. The highest BCUT2D eigenvalue weighted by Gasteiger charge is 2.25. The van der Waals surface area contributed by atoms with E-state index in [-0.39, 0.29) is 17.9 Å². The molecule has 2 heterocycles. The minimum atomic E-state index is 0.105. The summed E-state index contributed by atoms with van der Waals surface area (Å²) in [7, 11) is 0. The van der Waals surface area contributed by atoms with Gasteiger partial charge in [0.2, 0.25) is 5.91 Å². The highest BCUT2D eigenvalue weighted by molar-refractivity contribution is 6.31. The van der Waals surface area contributed by atoms with Crippen molar-refractivity contribution in [3.8, 4) is 0 Å². The van der Waals surface area contributed by atoms with E-state index in [4.69, 9.17) is 21.1 Å². The van der Waals surface area contributed by atoms with Gasteiger partial charge in [0.15, 0.2) is 0 Å². The highest BCUT2D eigenvalue weighted by Crippen LogP contribution is 2.19. The van der Waals surface area contributed by atoms with Crippen LogP contribution >= 0.6 is 11.6 Å². The quantitative estimate of drug-likeness (QED) is 0.840. The summed E-state index contributed by atoms with van der Waals surface area (Å²) in [5.74, 6) is 0.247. The van der Waals surface area contributed by atoms with Crippen molar-refractivity contribution < 1.29 is 14.3 Å². The van der Waals surface area contributed by atoms with Crippen LogP contribution in [0.1, 0.15) is 24.8 Å². The Bertz CT molecular complexity index is 555. The van der Waals surface area contributed by atoms with Crippen LogP contribution in [0.5, 0.6) is 0 Å². The number of piperidine rings is 1. The van der Waals surface area contributed by atoms with E-state index in [1.807, 2.05) is 24.3 Å². The fourth-order valence-electron chi connectivity index (χ4n) is 3.42. The Kier molecular flexibility index (Phi) is 7.11. The van der Waals surface area contributed by atoms with Crippen LogP contribution in [0.25, 0.3) is 0 Å². The van der Waals surface area contributed by atoms with Gasteiger partial charge in [0.05, 0.1) is 25.9 Å². The highest BCUT2D eigenvalue weighted by atomic mass is 35.5. The lowest BCUT2D eigenvalue weighted by atomic mass is 9.95. The molecule has 0 radical (unpaired) electrons. The van der Waals surface area contributed by atoms with Gasteiger partial charge in [-0.2, -0.15) is 0 Å². The molecule has 6 heteroatoms. The van der Waals surface area contributed by atoms with Crippen molar-refractivity contribution in [2.75, 3.05) is 39.5 Å². The number of carbonyl (C=O) groups excluding carboxylic acids is 1. The number of ether oxygens (including phenoxy) is 2. The molecule has 1 unspecified atom stereocenters. The monoisotopic (exact) mass is 366 g/mol. The molecular weight excluding hydrogens is 340 g/mol. The second-order valence-electron chi connectivity index (χ2n) is 6.78. The topological polar surface area (TPSA) is 50.8 Å². The minimum Gasteiger partial charge on any atom is -0.376 e. The van der Waals surface area contributed by atoms with E-state index >= 15 is 0 Å². The lowest BCUT2D eigenvalue weighted by Crippen LogP contribution is -2.42. The second-order valence-corrected chi connectivity index (χ2v) is 7.19. The van der Waals surface area contributed by atoms with E-state index in [9.17, 15) is 4.79 Å². The molecule has 0 aromatic heterocycles. The number of benzene rings is 1. The van der Waals surface area contributed by atoms with Gasteiger partial charge in [0, 0.05) is 24.0 Å². The third-order valence-corrected chi connectivity index (χ3v) is 5.39. The summed E-state index contributed by atoms with van der Waals surface area (Å²) in [5, 5.41) is 3.73. The average Bonchev–Trinajstić information content (AvgIpc) is 2.67. The van der Waals surface area contributed by atoms with Gasteiger partial charge >= 0.3 is 0 Å². The lowest BCUT2D eigenvalue weighted by Gasteiger charge is -2.32. The number of likely N-dealkylation sites (tertiary alicyclic amines) is 1. The first-order chi connectivity index (χ1) is 12.2. The van der Waals surface area contributed by atoms with E-state index < -0.39 is 0 Å². The molecule has 1 N–H and O–H groups in total. The molecule has 25 heavy (non-hydrogen) atoms. The fraction of sp³-hybridized carbons (Fsp3) is 0.632. The van der Waals surface area contributed by atoms with Crippen LogP contribution in [0, 0.1) is 5.92 Å². The Balaban J connectivity index is 1.35. The molecule has 1 aromatic carbocycles. The molecule has 0 bridgehead atoms. The summed E-state index contributed by atoms with van der Waals surface area (Å²) in [5.41, 5.74) is 0.963. The SMILES string of the molecule is O=C(NCc1ccccc1Cl)C1CCN(CCC2COCCO2)CC1. The van der Waals surface area contributed by atoms with Crippen molar-refractivity contribution in [3.63, 3.8) is 0 Å². The number of carbonyl (C=O) groups is 1. The van der Waals surface area contributed by atoms with Crippen LogP contribution in [0.3, 0.4) is 0 Å². The summed E-state index contributed by atoms with van der Waals surface area (Å²) >= 11 is 6.13. The zero-order chi connectivity index (χ0) is 17.5. The molecule has 2 aliphatic rings. The molecule has 2 fully saturated rings. The predicted molar refractivity (Wildman–Crippen MR) is 97.6 cm³/mol. The summed E-state index contributed by atoms with van der Waals surface area (Å²) < 4.78 is 11.1. The first-order valence-electron chi connectivity index (χ1n) is 9.15. The van der Waals surface area contributed by atoms with Gasteiger partial charge in [-0.15, -0.1) is 0 Å². The number of halogens is 1. The number of hydrogen-bond acceptors (Lipinski definition) is 4. The zero-order valence-electron chi connectivity index (χ0n) is 14.6. The smallest absolute Gasteiger partial charge is 0.223 e. The van der Waals surface area contributed by atoms with Gasteiger partial charge in [-0.3, -0.25) is 4.79 Å². The molecule has 5 nitrogen and oxygen atoms in total. The largest absolute Gasteiger partial charge is 0.376 e. The van der Waals surface area contributed by atoms with Crippen molar-refractivity contribution in [2.45, 2.75) is 31.9 Å². The van der Waals surface area contributed by atoms with Crippen LogP contribution in [0.2, 0.25) is 5.02 Å². The number of nitrogens with one attached hydrogen (secondary N) is 1. The third kappa shape index (κ3) is 5.68. The van der Waals surface area contributed by atoms with E-state index in [2.05, 4.69) is 10.2 Å². The van der Waals surface area contributed by atoms with Crippen molar-refractivity contribution >= 4 is 17.5 Å². The Morgan fingerprint density at radius 3 is 2.76 bits per heavy atom. The van der Waals surface area contributed by atoms with E-state index in [0.29, 0.717) is 31.4 Å². The van der Waals surface area contributed by atoms with E-state index in [1.54, 1.807) is 0 Å². The van der Waals surface area contributed by atoms with E-state index in [1.165, 1.54) is 0 Å². The molecule has 0 aliphatic carbocycles. The van der Waals surface area contributed by atoms with Crippen LogP contribution in [-0.2, 0) is 20.8 Å². The first-order valence-corrected chi connectivity index (χ1v) is 9.53. The summed E-state index contributed by atoms with van der Waals surface area (Å²) in [6.45, 7) is 5.58. The minimum absolute atomic E-state index is 0.105. The van der Waals surface area contributed by atoms with Gasteiger partial charge < -0.3 is 19.7 Å². The Hall–Kier alpha value is -1.14. The fourth-order valence-corrected chi connectivity index (χ4v) is 3.62. The molecule has 1 atom stereocenters. The Labute approximate surface area is 154 Å². The summed E-state index contributed by atoms with van der Waals surface area (Å²) in [6.07, 6.45) is 3.06. The molecule has 3 rings (SSSR count). The van der Waals surface area contributed by atoms with Crippen molar-refractivity contribution in [2.24, 2.45) is 5.92 Å². The number of rotatable bonds is 6. The number of nitrogens with zero attached hydrogens (tertiary/aromatic N) is 1. The molecule has 2 aliphatic heterocycles. The zero-order valence-corrected chi connectivity index (χ0v) is 15.3. The summed E-state index contributed by atoms with van der Waals surface area (Å²) in [6, 6.07) is 7.63. The molecular formula is C19H27ClN2O3. The van der Waals surface area contributed by atoms with Crippen LogP contribution in [-0.4, -0.2) is 56.4 Å². The van der Waals surface area contributed by atoms with Crippen molar-refractivity contribution in [1.29, 1.82) is 0 Å². The molecule has 1 aromatic rings. The Morgan fingerprint density at radius 1 is 1.24 bits per heavy atom. The van der Waals surface area contributed by atoms with Crippen LogP contribution < -0.4 is 5.32 Å². The van der Waals surface area contributed by atoms with Crippen molar-refractivity contribution in [3.05, 3.63) is 34.9 Å². The van der Waals surface area contributed by atoms with Gasteiger partial charge in [0.1, 0.15) is 0 Å². The maximum Gasteiger partial charge on any atom is 0.223 e. The third-order valence-electron chi connectivity index (χ3n) is 5.02.